The first kappa shape index (κ1) is 13.3. The molecule has 7 heteroatoms. The second-order valence-electron chi connectivity index (χ2n) is 4.18. The molecule has 20 heavy (non-hydrogen) atoms. The van der Waals surface area contributed by atoms with Crippen LogP contribution in [0.1, 0.15) is 4.88 Å². The van der Waals surface area contributed by atoms with E-state index in [4.69, 9.17) is 10.3 Å². The van der Waals surface area contributed by atoms with Crippen molar-refractivity contribution in [2.24, 2.45) is 0 Å². The summed E-state index contributed by atoms with van der Waals surface area (Å²) in [6.07, 6.45) is 0. The van der Waals surface area contributed by atoms with E-state index < -0.39 is 0 Å². The van der Waals surface area contributed by atoms with Gasteiger partial charge in [0.15, 0.2) is 0 Å². The molecule has 0 saturated heterocycles. The van der Waals surface area contributed by atoms with E-state index in [1.807, 2.05) is 13.0 Å². The average molecular weight is 354 g/mol. The Hall–Kier alpha value is -1.73. The minimum Gasteiger partial charge on any atom is -0.390 e. The largest absolute Gasteiger partial charge is 0.390 e. The lowest BCUT2D eigenvalue weighted by atomic mass is 10.2. The van der Waals surface area contributed by atoms with E-state index in [1.54, 1.807) is 6.07 Å². The van der Waals surface area contributed by atoms with Crippen molar-refractivity contribution in [2.45, 2.75) is 6.92 Å². The zero-order valence-electron chi connectivity index (χ0n) is 10.4. The van der Waals surface area contributed by atoms with Gasteiger partial charge >= 0.3 is 0 Å². The molecule has 0 aliphatic heterocycles. The van der Waals surface area contributed by atoms with Crippen LogP contribution in [0.15, 0.2) is 33.3 Å². The maximum Gasteiger partial charge on any atom is 0.261 e. The van der Waals surface area contributed by atoms with Gasteiger partial charge in [-0.05, 0) is 31.2 Å². The van der Waals surface area contributed by atoms with E-state index in [0.717, 1.165) is 4.88 Å². The molecular formula is C13H9BrFN3OS. The van der Waals surface area contributed by atoms with Crippen LogP contribution < -0.4 is 5.73 Å². The summed E-state index contributed by atoms with van der Waals surface area (Å²) in [5, 5.41) is 4.50. The Morgan fingerprint density at radius 2 is 2.10 bits per heavy atom. The molecule has 0 bridgehead atoms. The van der Waals surface area contributed by atoms with E-state index in [9.17, 15) is 4.39 Å². The molecule has 2 N–H and O–H groups in total. The molecule has 0 atom stereocenters. The highest BCUT2D eigenvalue weighted by molar-refractivity contribution is 9.10. The lowest BCUT2D eigenvalue weighted by Gasteiger charge is -1.98. The predicted molar refractivity (Wildman–Crippen MR) is 79.9 cm³/mol. The average Bonchev–Trinajstić information content (AvgIpc) is 2.99. The number of aromatic nitrogens is 2. The molecule has 102 valence electrons. The number of thiophene rings is 1. The fraction of sp³-hybridized carbons (Fsp3) is 0.0769. The standard InChI is InChI=1S/C13H9BrFN3OS/c1-6-4-9(11(16)20-6)13-17-12(18-19-13)8-5-7(15)2-3-10(8)14/h2-5H,16H2,1H3. The van der Waals surface area contributed by atoms with Gasteiger partial charge in [-0.25, -0.2) is 4.39 Å². The number of nitrogens with two attached hydrogens (primary N) is 1. The summed E-state index contributed by atoms with van der Waals surface area (Å²) in [4.78, 5) is 5.34. The Balaban J connectivity index is 2.06. The van der Waals surface area contributed by atoms with Crippen LogP contribution in [0.5, 0.6) is 0 Å². The summed E-state index contributed by atoms with van der Waals surface area (Å²) in [6, 6.07) is 6.19. The third-order valence-corrected chi connectivity index (χ3v) is 4.28. The minimum atomic E-state index is -0.361. The molecule has 0 unspecified atom stereocenters. The van der Waals surface area contributed by atoms with Crippen LogP contribution in [-0.2, 0) is 0 Å². The van der Waals surface area contributed by atoms with Crippen molar-refractivity contribution in [2.75, 3.05) is 5.73 Å². The van der Waals surface area contributed by atoms with Gasteiger partial charge in [0, 0.05) is 14.9 Å². The normalized spacial score (nSPS) is 10.9. The molecule has 0 saturated carbocycles. The van der Waals surface area contributed by atoms with Gasteiger partial charge in [-0.3, -0.25) is 0 Å². The molecule has 2 heterocycles. The predicted octanol–water partition coefficient (Wildman–Crippen LogP) is 4.26. The third-order valence-electron chi connectivity index (χ3n) is 2.71. The molecule has 0 amide bonds. The molecule has 3 aromatic rings. The molecule has 1 aromatic carbocycles. The molecule has 2 aromatic heterocycles. The van der Waals surface area contributed by atoms with Crippen LogP contribution in [0.25, 0.3) is 22.8 Å². The Bertz CT molecular complexity index is 784. The molecule has 0 spiro atoms. The first-order valence-corrected chi connectivity index (χ1v) is 7.31. The Kier molecular flexibility index (Phi) is 3.31. The highest BCUT2D eigenvalue weighted by atomic mass is 79.9. The molecule has 0 aliphatic carbocycles. The first-order valence-electron chi connectivity index (χ1n) is 5.70. The highest BCUT2D eigenvalue weighted by Crippen LogP contribution is 2.34. The van der Waals surface area contributed by atoms with Crippen molar-refractivity contribution in [3.05, 3.63) is 39.4 Å². The number of rotatable bonds is 2. The van der Waals surface area contributed by atoms with E-state index >= 15 is 0 Å². The van der Waals surface area contributed by atoms with Gasteiger partial charge in [0.05, 0.1) is 10.6 Å². The summed E-state index contributed by atoms with van der Waals surface area (Å²) in [5.74, 6) is 0.285. The van der Waals surface area contributed by atoms with Gasteiger partial charge in [-0.15, -0.1) is 11.3 Å². The number of hydrogen-bond acceptors (Lipinski definition) is 5. The lowest BCUT2D eigenvalue weighted by molar-refractivity contribution is 0.432. The highest BCUT2D eigenvalue weighted by Gasteiger charge is 2.17. The molecular weight excluding hydrogens is 345 g/mol. The smallest absolute Gasteiger partial charge is 0.261 e. The number of benzene rings is 1. The fourth-order valence-electron chi connectivity index (χ4n) is 1.81. The van der Waals surface area contributed by atoms with Crippen molar-refractivity contribution >= 4 is 32.3 Å². The van der Waals surface area contributed by atoms with Crippen LogP contribution in [0.3, 0.4) is 0 Å². The summed E-state index contributed by atoms with van der Waals surface area (Å²) >= 11 is 4.80. The summed E-state index contributed by atoms with van der Waals surface area (Å²) in [7, 11) is 0. The van der Waals surface area contributed by atoms with E-state index in [0.29, 0.717) is 32.3 Å². The number of nitrogens with zero attached hydrogens (tertiary/aromatic N) is 2. The topological polar surface area (TPSA) is 64.9 Å². The monoisotopic (exact) mass is 353 g/mol. The number of nitrogen functional groups attached to an aromatic ring is 1. The van der Waals surface area contributed by atoms with Crippen LogP contribution in [0, 0.1) is 12.7 Å². The van der Waals surface area contributed by atoms with Crippen molar-refractivity contribution < 1.29 is 8.91 Å². The Morgan fingerprint density at radius 3 is 2.80 bits per heavy atom. The van der Waals surface area contributed by atoms with E-state index in [-0.39, 0.29) is 5.82 Å². The maximum absolute atomic E-state index is 13.3. The van der Waals surface area contributed by atoms with Gasteiger partial charge in [-0.2, -0.15) is 4.98 Å². The fourth-order valence-corrected chi connectivity index (χ4v) is 3.01. The lowest BCUT2D eigenvalue weighted by Crippen LogP contribution is -1.86. The maximum atomic E-state index is 13.3. The molecule has 0 radical (unpaired) electrons. The number of hydrogen-bond donors (Lipinski definition) is 1. The number of halogens is 2. The number of aryl methyl sites for hydroxylation is 1. The van der Waals surface area contributed by atoms with Gasteiger partial charge in [0.25, 0.3) is 5.89 Å². The Labute approximate surface area is 126 Å². The number of anilines is 1. The van der Waals surface area contributed by atoms with Gasteiger partial charge in [0.2, 0.25) is 5.82 Å². The molecule has 0 fully saturated rings. The zero-order chi connectivity index (χ0) is 14.3. The van der Waals surface area contributed by atoms with Crippen LogP contribution >= 0.6 is 27.3 Å². The van der Waals surface area contributed by atoms with Gasteiger partial charge in [0.1, 0.15) is 5.82 Å². The molecule has 3 rings (SSSR count). The van der Waals surface area contributed by atoms with E-state index in [1.165, 1.54) is 23.5 Å². The molecule has 0 aliphatic rings. The van der Waals surface area contributed by atoms with Crippen LogP contribution in [0.4, 0.5) is 9.39 Å². The van der Waals surface area contributed by atoms with Gasteiger partial charge in [-0.1, -0.05) is 21.1 Å². The first-order chi connectivity index (χ1) is 9.54. The van der Waals surface area contributed by atoms with E-state index in [2.05, 4.69) is 26.1 Å². The Morgan fingerprint density at radius 1 is 1.30 bits per heavy atom. The second kappa shape index (κ2) is 4.99. The third kappa shape index (κ3) is 2.34. The van der Waals surface area contributed by atoms with Crippen molar-refractivity contribution in [3.8, 4) is 22.8 Å². The van der Waals surface area contributed by atoms with Gasteiger partial charge < -0.3 is 10.3 Å². The van der Waals surface area contributed by atoms with Crippen molar-refractivity contribution in [1.29, 1.82) is 0 Å². The van der Waals surface area contributed by atoms with Crippen molar-refractivity contribution in [3.63, 3.8) is 0 Å². The zero-order valence-corrected chi connectivity index (χ0v) is 12.8. The van der Waals surface area contributed by atoms with Crippen LogP contribution in [-0.4, -0.2) is 10.1 Å². The SMILES string of the molecule is Cc1cc(-c2nc(-c3cc(F)ccc3Br)no2)c(N)s1. The van der Waals surface area contributed by atoms with Crippen LogP contribution in [0.2, 0.25) is 0 Å². The minimum absolute atomic E-state index is 0.314. The second-order valence-corrected chi connectivity index (χ2v) is 6.32. The quantitative estimate of drug-likeness (QED) is 0.747. The summed E-state index contributed by atoms with van der Waals surface area (Å²) in [6.45, 7) is 1.95. The summed E-state index contributed by atoms with van der Waals surface area (Å²) in [5.41, 5.74) is 7.14. The molecule has 4 nitrogen and oxygen atoms in total. The summed E-state index contributed by atoms with van der Waals surface area (Å²) < 4.78 is 19.2. The van der Waals surface area contributed by atoms with Crippen molar-refractivity contribution in [1.82, 2.24) is 10.1 Å².